The molecular formula is C27H30N2O7. The van der Waals surface area contributed by atoms with Gasteiger partial charge in [-0.2, -0.15) is 0 Å². The van der Waals surface area contributed by atoms with Crippen molar-refractivity contribution >= 4 is 23.9 Å². The molecule has 2 heterocycles. The van der Waals surface area contributed by atoms with Crippen molar-refractivity contribution < 1.29 is 33.5 Å². The summed E-state index contributed by atoms with van der Waals surface area (Å²) in [5.41, 5.74) is 1.30. The maximum Gasteiger partial charge on any atom is 0.417 e. The van der Waals surface area contributed by atoms with E-state index >= 15 is 0 Å². The van der Waals surface area contributed by atoms with Gasteiger partial charge in [-0.25, -0.2) is 14.5 Å². The topological polar surface area (TPSA) is 102 Å². The predicted octanol–water partition coefficient (Wildman–Crippen LogP) is 3.96. The molecule has 0 spiro atoms. The maximum atomic E-state index is 13.5. The van der Waals surface area contributed by atoms with Crippen LogP contribution in [0.15, 0.2) is 60.7 Å². The lowest BCUT2D eigenvalue weighted by atomic mass is 9.97. The minimum absolute atomic E-state index is 0.390. The standard InChI is InChI=1S/C27H30N2O7/c1-17(25(31)29-18(2)23(35-27(29)33)20-11-6-4-7-12-20)22-15-10-16-28(22)36-26(32)24(34-19(3)30)21-13-8-5-9-14-21/h4-9,11-14,17-18,22-24H,10,15-16H2,1-3H3/t17-,18+,22-,23+,24+/m0/s1. The van der Waals surface area contributed by atoms with Gasteiger partial charge in [-0.3, -0.25) is 9.59 Å². The number of cyclic esters (lactones) is 1. The lowest BCUT2D eigenvalue weighted by molar-refractivity contribution is -0.212. The zero-order chi connectivity index (χ0) is 25.8. The molecule has 0 unspecified atom stereocenters. The predicted molar refractivity (Wildman–Crippen MR) is 128 cm³/mol. The van der Waals surface area contributed by atoms with Crippen LogP contribution in [-0.4, -0.2) is 52.5 Å². The number of benzene rings is 2. The minimum Gasteiger partial charge on any atom is -0.445 e. The molecule has 5 atom stereocenters. The highest BCUT2D eigenvalue weighted by molar-refractivity contribution is 5.95. The Morgan fingerprint density at radius 3 is 2.31 bits per heavy atom. The van der Waals surface area contributed by atoms with Crippen molar-refractivity contribution in [1.29, 1.82) is 0 Å². The molecule has 2 amide bonds. The lowest BCUT2D eigenvalue weighted by Crippen LogP contribution is -2.48. The van der Waals surface area contributed by atoms with E-state index in [0.29, 0.717) is 24.9 Å². The largest absolute Gasteiger partial charge is 0.445 e. The zero-order valence-electron chi connectivity index (χ0n) is 20.5. The molecule has 36 heavy (non-hydrogen) atoms. The molecule has 0 saturated carbocycles. The van der Waals surface area contributed by atoms with Gasteiger partial charge in [0.05, 0.1) is 18.0 Å². The lowest BCUT2D eigenvalue weighted by Gasteiger charge is -2.30. The van der Waals surface area contributed by atoms with E-state index in [9.17, 15) is 19.2 Å². The van der Waals surface area contributed by atoms with E-state index in [2.05, 4.69) is 0 Å². The van der Waals surface area contributed by atoms with Gasteiger partial charge in [-0.1, -0.05) is 67.6 Å². The molecule has 2 aromatic carbocycles. The summed E-state index contributed by atoms with van der Waals surface area (Å²) in [7, 11) is 0. The maximum absolute atomic E-state index is 13.5. The normalized spacial score (nSPS) is 23.6. The Balaban J connectivity index is 1.46. The average molecular weight is 495 g/mol. The van der Waals surface area contributed by atoms with Crippen LogP contribution in [-0.2, 0) is 28.7 Å². The number of carbonyl (C=O) groups excluding carboxylic acids is 4. The zero-order valence-corrected chi connectivity index (χ0v) is 20.5. The van der Waals surface area contributed by atoms with Gasteiger partial charge in [0.1, 0.15) is 6.10 Å². The summed E-state index contributed by atoms with van der Waals surface area (Å²) in [5.74, 6) is -2.40. The first-order chi connectivity index (χ1) is 17.3. The number of nitrogens with zero attached hydrogens (tertiary/aromatic N) is 2. The average Bonchev–Trinajstić information content (AvgIpc) is 3.45. The van der Waals surface area contributed by atoms with Gasteiger partial charge in [-0.05, 0) is 25.3 Å². The van der Waals surface area contributed by atoms with Gasteiger partial charge in [0.25, 0.3) is 0 Å². The van der Waals surface area contributed by atoms with Crippen LogP contribution in [0.1, 0.15) is 56.9 Å². The van der Waals surface area contributed by atoms with Gasteiger partial charge >= 0.3 is 18.0 Å². The Labute approximate surface area is 209 Å². The van der Waals surface area contributed by atoms with E-state index in [4.69, 9.17) is 14.3 Å². The van der Waals surface area contributed by atoms with E-state index in [-0.39, 0.29) is 0 Å². The summed E-state index contributed by atoms with van der Waals surface area (Å²) in [4.78, 5) is 57.6. The Kier molecular flexibility index (Phi) is 7.69. The van der Waals surface area contributed by atoms with Crippen molar-refractivity contribution in [2.75, 3.05) is 6.54 Å². The van der Waals surface area contributed by atoms with Crippen molar-refractivity contribution in [3.8, 4) is 0 Å². The van der Waals surface area contributed by atoms with Crippen LogP contribution < -0.4 is 0 Å². The fourth-order valence-corrected chi connectivity index (χ4v) is 4.82. The van der Waals surface area contributed by atoms with E-state index in [1.807, 2.05) is 30.3 Å². The van der Waals surface area contributed by atoms with Crippen LogP contribution >= 0.6 is 0 Å². The van der Waals surface area contributed by atoms with Crippen molar-refractivity contribution in [1.82, 2.24) is 9.96 Å². The van der Waals surface area contributed by atoms with Crippen LogP contribution in [0.5, 0.6) is 0 Å². The van der Waals surface area contributed by atoms with Crippen molar-refractivity contribution in [3.63, 3.8) is 0 Å². The van der Waals surface area contributed by atoms with Crippen LogP contribution in [0.3, 0.4) is 0 Å². The third-order valence-electron chi connectivity index (χ3n) is 6.66. The van der Waals surface area contributed by atoms with Gasteiger partial charge in [0.2, 0.25) is 12.0 Å². The summed E-state index contributed by atoms with van der Waals surface area (Å²) < 4.78 is 10.8. The van der Waals surface area contributed by atoms with Crippen molar-refractivity contribution in [2.45, 2.75) is 57.9 Å². The van der Waals surface area contributed by atoms with Gasteiger partial charge in [0, 0.05) is 19.0 Å². The van der Waals surface area contributed by atoms with Crippen LogP contribution in [0.4, 0.5) is 4.79 Å². The van der Waals surface area contributed by atoms with E-state index in [1.165, 1.54) is 12.0 Å². The first-order valence-corrected chi connectivity index (χ1v) is 12.1. The number of esters is 1. The molecule has 2 aliphatic rings. The van der Waals surface area contributed by atoms with E-state index in [0.717, 1.165) is 10.5 Å². The number of hydrogen-bond acceptors (Lipinski definition) is 8. The van der Waals surface area contributed by atoms with Crippen LogP contribution in [0, 0.1) is 5.92 Å². The van der Waals surface area contributed by atoms with Crippen molar-refractivity contribution in [2.24, 2.45) is 5.92 Å². The molecule has 0 aliphatic carbocycles. The number of ether oxygens (including phenoxy) is 2. The van der Waals surface area contributed by atoms with Crippen molar-refractivity contribution in [3.05, 3.63) is 71.8 Å². The van der Waals surface area contributed by atoms with Gasteiger partial charge < -0.3 is 14.3 Å². The molecule has 0 bridgehead atoms. The van der Waals surface area contributed by atoms with E-state index < -0.39 is 54.1 Å². The highest BCUT2D eigenvalue weighted by Gasteiger charge is 2.47. The van der Waals surface area contributed by atoms with Gasteiger partial charge in [0.15, 0.2) is 0 Å². The second-order valence-electron chi connectivity index (χ2n) is 9.11. The second kappa shape index (κ2) is 10.9. The molecule has 9 heteroatoms. The van der Waals surface area contributed by atoms with E-state index in [1.54, 1.807) is 44.2 Å². The van der Waals surface area contributed by atoms with Gasteiger partial charge in [-0.15, -0.1) is 5.06 Å². The Bertz CT molecular complexity index is 1110. The van der Waals surface area contributed by atoms with Crippen LogP contribution in [0.25, 0.3) is 0 Å². The first kappa shape index (κ1) is 25.4. The Morgan fingerprint density at radius 1 is 1.03 bits per heavy atom. The summed E-state index contributed by atoms with van der Waals surface area (Å²) in [6.07, 6.45) is -1.16. The Morgan fingerprint density at radius 2 is 1.67 bits per heavy atom. The van der Waals surface area contributed by atoms with Crippen LogP contribution in [0.2, 0.25) is 0 Å². The molecule has 2 saturated heterocycles. The second-order valence-corrected chi connectivity index (χ2v) is 9.11. The fourth-order valence-electron chi connectivity index (χ4n) is 4.82. The highest BCUT2D eigenvalue weighted by Crippen LogP contribution is 2.35. The monoisotopic (exact) mass is 494 g/mol. The molecule has 2 aliphatic heterocycles. The number of hydroxylamine groups is 2. The number of amides is 2. The Hall–Kier alpha value is -3.72. The molecule has 2 fully saturated rings. The number of rotatable bonds is 7. The first-order valence-electron chi connectivity index (χ1n) is 12.1. The number of carbonyl (C=O) groups is 4. The summed E-state index contributed by atoms with van der Waals surface area (Å²) >= 11 is 0. The number of hydrogen-bond donors (Lipinski definition) is 0. The summed E-state index contributed by atoms with van der Waals surface area (Å²) in [5, 5.41) is 1.46. The smallest absolute Gasteiger partial charge is 0.417 e. The molecule has 2 aromatic rings. The SMILES string of the molecule is CC(=O)O[C@@H](C(=O)ON1CCC[C@H]1[C@H](C)C(=O)N1C(=O)O[C@@H](c2ccccc2)[C@H]1C)c1ccccc1. The molecule has 190 valence electrons. The molecule has 4 rings (SSSR count). The summed E-state index contributed by atoms with van der Waals surface area (Å²) in [6.45, 7) is 5.14. The molecular weight excluding hydrogens is 464 g/mol. The molecule has 0 N–H and O–H groups in total. The fraction of sp³-hybridized carbons (Fsp3) is 0.407. The third kappa shape index (κ3) is 5.26. The molecule has 0 radical (unpaired) electrons. The highest BCUT2D eigenvalue weighted by atomic mass is 16.7. The molecule has 9 nitrogen and oxygen atoms in total. The number of imide groups is 1. The minimum atomic E-state index is -1.23. The third-order valence-corrected chi connectivity index (χ3v) is 6.66. The summed E-state index contributed by atoms with van der Waals surface area (Å²) in [6, 6.07) is 17.0. The quantitative estimate of drug-likeness (QED) is 0.533. The molecule has 0 aromatic heterocycles.